The van der Waals surface area contributed by atoms with E-state index in [4.69, 9.17) is 4.74 Å². The van der Waals surface area contributed by atoms with E-state index >= 15 is 0 Å². The minimum atomic E-state index is -4.37. The third kappa shape index (κ3) is 4.63. The molecular weight excluding hydrogens is 405 g/mol. The number of amides is 1. The average Bonchev–Trinajstić information content (AvgIpc) is 3.17. The molecule has 2 aliphatic heterocycles. The highest BCUT2D eigenvalue weighted by atomic mass is 19.4. The lowest BCUT2D eigenvalue weighted by Crippen LogP contribution is -2.49. The smallest absolute Gasteiger partial charge is 0.380 e. The number of carbonyl (C=O) groups is 1. The van der Waals surface area contributed by atoms with Crippen LogP contribution < -0.4 is 5.32 Å². The molecule has 3 atom stereocenters. The van der Waals surface area contributed by atoms with Crippen molar-refractivity contribution in [1.29, 1.82) is 0 Å². The summed E-state index contributed by atoms with van der Waals surface area (Å²) in [4.78, 5) is 15.5. The fraction of sp³-hybridized carbons (Fsp3) is 0.708. The summed E-state index contributed by atoms with van der Waals surface area (Å²) < 4.78 is 45.1. The maximum absolute atomic E-state index is 13.7. The van der Waals surface area contributed by atoms with Gasteiger partial charge in [-0.25, -0.2) is 0 Å². The van der Waals surface area contributed by atoms with Crippen LogP contribution in [0.4, 0.5) is 13.2 Å². The zero-order chi connectivity index (χ0) is 22.2. The Kier molecular flexibility index (Phi) is 6.37. The van der Waals surface area contributed by atoms with E-state index in [1.807, 2.05) is 0 Å². The van der Waals surface area contributed by atoms with Gasteiger partial charge in [0.05, 0.1) is 17.6 Å². The van der Waals surface area contributed by atoms with Crippen LogP contribution in [-0.4, -0.2) is 42.6 Å². The number of nitrogens with one attached hydrogen (secondary N) is 1. The SMILES string of the molecule is CC(C)[C@]1(C(=O)N2CCc3ccc(C(F)(F)F)cc3C2)CC[C@@H](NC2CCCOC2)C1. The normalized spacial score (nSPS) is 29.3. The summed E-state index contributed by atoms with van der Waals surface area (Å²) in [6.45, 7) is 6.59. The number of alkyl halides is 3. The second-order valence-corrected chi connectivity index (χ2v) is 9.79. The van der Waals surface area contributed by atoms with Gasteiger partial charge in [-0.3, -0.25) is 4.79 Å². The van der Waals surface area contributed by atoms with Gasteiger partial charge in [-0.2, -0.15) is 13.2 Å². The second-order valence-electron chi connectivity index (χ2n) is 9.79. The topological polar surface area (TPSA) is 41.6 Å². The molecule has 1 aromatic rings. The van der Waals surface area contributed by atoms with Crippen molar-refractivity contribution in [2.75, 3.05) is 19.8 Å². The Morgan fingerprint density at radius 1 is 1.23 bits per heavy atom. The summed E-state index contributed by atoms with van der Waals surface area (Å²) in [5, 5.41) is 3.70. The van der Waals surface area contributed by atoms with E-state index in [2.05, 4.69) is 19.2 Å². The van der Waals surface area contributed by atoms with Gasteiger partial charge in [0.2, 0.25) is 5.91 Å². The first-order chi connectivity index (χ1) is 14.7. The van der Waals surface area contributed by atoms with Gasteiger partial charge in [0, 0.05) is 31.8 Å². The standard InChI is InChI=1S/C24H33F3N2O2/c1-16(2)23(9-7-20(13-23)28-21-4-3-11-31-15-21)22(30)29-10-8-17-5-6-19(24(25,26)27)12-18(17)14-29/h5-6,12,16,20-21,28H,3-4,7-11,13-15H2,1-2H3/t20-,21?,23+/m1/s1. The molecule has 31 heavy (non-hydrogen) atoms. The fourth-order valence-corrected chi connectivity index (χ4v) is 5.61. The van der Waals surface area contributed by atoms with Crippen molar-refractivity contribution in [2.45, 2.75) is 77.2 Å². The average molecular weight is 439 g/mol. The molecule has 1 aliphatic carbocycles. The maximum Gasteiger partial charge on any atom is 0.416 e. The summed E-state index contributed by atoms with van der Waals surface area (Å²) in [5.74, 6) is 0.284. The molecule has 1 N–H and O–H groups in total. The number of halogens is 3. The quantitative estimate of drug-likeness (QED) is 0.750. The van der Waals surface area contributed by atoms with E-state index in [1.54, 1.807) is 11.0 Å². The van der Waals surface area contributed by atoms with E-state index in [0.29, 0.717) is 24.6 Å². The van der Waals surface area contributed by atoms with Gasteiger partial charge in [0.25, 0.3) is 0 Å². The third-order valence-corrected chi connectivity index (χ3v) is 7.55. The van der Waals surface area contributed by atoms with Crippen LogP contribution in [0.25, 0.3) is 0 Å². The van der Waals surface area contributed by atoms with E-state index in [0.717, 1.165) is 56.9 Å². The lowest BCUT2D eigenvalue weighted by molar-refractivity contribution is -0.145. The van der Waals surface area contributed by atoms with Crippen LogP contribution in [0.2, 0.25) is 0 Å². The van der Waals surface area contributed by atoms with Crippen molar-refractivity contribution in [2.24, 2.45) is 11.3 Å². The zero-order valence-corrected chi connectivity index (χ0v) is 18.4. The van der Waals surface area contributed by atoms with Crippen molar-refractivity contribution >= 4 is 5.91 Å². The van der Waals surface area contributed by atoms with Crippen molar-refractivity contribution < 1.29 is 22.7 Å². The highest BCUT2D eigenvalue weighted by Crippen LogP contribution is 2.47. The monoisotopic (exact) mass is 438 g/mol. The number of carbonyl (C=O) groups excluding carboxylic acids is 1. The van der Waals surface area contributed by atoms with Crippen LogP contribution in [0.15, 0.2) is 18.2 Å². The van der Waals surface area contributed by atoms with Crippen molar-refractivity contribution in [3.05, 3.63) is 34.9 Å². The highest BCUT2D eigenvalue weighted by molar-refractivity contribution is 5.84. The Hall–Kier alpha value is -1.60. The predicted octanol–water partition coefficient (Wildman–Crippen LogP) is 4.55. The number of rotatable bonds is 4. The van der Waals surface area contributed by atoms with Crippen LogP contribution in [-0.2, 0) is 28.7 Å². The van der Waals surface area contributed by atoms with Crippen molar-refractivity contribution in [1.82, 2.24) is 10.2 Å². The Labute approximate surface area is 182 Å². The summed E-state index contributed by atoms with van der Waals surface area (Å²) in [5.41, 5.74) is 0.449. The first kappa shape index (κ1) is 22.6. The molecule has 0 bridgehead atoms. The molecule has 1 saturated carbocycles. The van der Waals surface area contributed by atoms with Crippen LogP contribution in [0.1, 0.15) is 62.6 Å². The number of hydrogen-bond acceptors (Lipinski definition) is 3. The summed E-state index contributed by atoms with van der Waals surface area (Å²) in [7, 11) is 0. The molecule has 7 heteroatoms. The number of ether oxygens (including phenoxy) is 1. The molecule has 4 nitrogen and oxygen atoms in total. The van der Waals surface area contributed by atoms with Crippen LogP contribution in [0.3, 0.4) is 0 Å². The molecule has 1 aromatic carbocycles. The lowest BCUT2D eigenvalue weighted by Gasteiger charge is -2.40. The molecule has 1 amide bonds. The molecule has 0 spiro atoms. The van der Waals surface area contributed by atoms with Gasteiger partial charge in [0.15, 0.2) is 0 Å². The Bertz CT molecular complexity index is 805. The van der Waals surface area contributed by atoms with Crippen molar-refractivity contribution in [3.63, 3.8) is 0 Å². The summed E-state index contributed by atoms with van der Waals surface area (Å²) >= 11 is 0. The molecule has 0 aromatic heterocycles. The van der Waals surface area contributed by atoms with E-state index < -0.39 is 17.2 Å². The van der Waals surface area contributed by atoms with Crippen molar-refractivity contribution in [3.8, 4) is 0 Å². The van der Waals surface area contributed by atoms with Crippen LogP contribution in [0.5, 0.6) is 0 Å². The van der Waals surface area contributed by atoms with Gasteiger partial charge >= 0.3 is 6.18 Å². The molecule has 2 fully saturated rings. The number of benzene rings is 1. The first-order valence-corrected chi connectivity index (χ1v) is 11.5. The first-order valence-electron chi connectivity index (χ1n) is 11.5. The molecule has 172 valence electrons. The van der Waals surface area contributed by atoms with Crippen LogP contribution in [0, 0.1) is 11.3 Å². The molecule has 2 heterocycles. The van der Waals surface area contributed by atoms with Gasteiger partial charge in [0.1, 0.15) is 0 Å². The van der Waals surface area contributed by atoms with Gasteiger partial charge in [-0.05, 0) is 67.7 Å². The molecule has 1 saturated heterocycles. The third-order valence-electron chi connectivity index (χ3n) is 7.55. The highest BCUT2D eigenvalue weighted by Gasteiger charge is 2.49. The number of nitrogens with zero attached hydrogens (tertiary/aromatic N) is 1. The van der Waals surface area contributed by atoms with E-state index in [1.165, 1.54) is 6.07 Å². The Morgan fingerprint density at radius 2 is 2.03 bits per heavy atom. The largest absolute Gasteiger partial charge is 0.416 e. The number of fused-ring (bicyclic) bond motifs is 1. The second kappa shape index (κ2) is 8.74. The molecular formula is C24H33F3N2O2. The van der Waals surface area contributed by atoms with Gasteiger partial charge < -0.3 is 15.0 Å². The maximum atomic E-state index is 13.7. The molecule has 1 unspecified atom stereocenters. The lowest BCUT2D eigenvalue weighted by atomic mass is 9.73. The van der Waals surface area contributed by atoms with E-state index in [-0.39, 0.29) is 24.4 Å². The molecule has 4 rings (SSSR count). The molecule has 0 radical (unpaired) electrons. The fourth-order valence-electron chi connectivity index (χ4n) is 5.61. The number of hydrogen-bond donors (Lipinski definition) is 1. The van der Waals surface area contributed by atoms with Gasteiger partial charge in [-0.1, -0.05) is 19.9 Å². The van der Waals surface area contributed by atoms with E-state index in [9.17, 15) is 18.0 Å². The Balaban J connectivity index is 1.48. The predicted molar refractivity (Wildman–Crippen MR) is 112 cm³/mol. The van der Waals surface area contributed by atoms with Crippen LogP contribution >= 0.6 is 0 Å². The molecule has 3 aliphatic rings. The minimum Gasteiger partial charge on any atom is -0.380 e. The zero-order valence-electron chi connectivity index (χ0n) is 18.4. The van der Waals surface area contributed by atoms with Gasteiger partial charge in [-0.15, -0.1) is 0 Å². The minimum absolute atomic E-state index is 0.106. The summed E-state index contributed by atoms with van der Waals surface area (Å²) in [6, 6.07) is 4.57. The summed E-state index contributed by atoms with van der Waals surface area (Å²) in [6.07, 6.45) is 0.952. The Morgan fingerprint density at radius 3 is 2.71 bits per heavy atom.